The number of rotatable bonds is 0. The highest BCUT2D eigenvalue weighted by Crippen LogP contribution is 2.17. The highest BCUT2D eigenvalue weighted by Gasteiger charge is 2.02. The second kappa shape index (κ2) is 6.82. The number of hydrogen-bond acceptors (Lipinski definition) is 3. The Kier molecular flexibility index (Phi) is 4.21. The first-order valence-corrected chi connectivity index (χ1v) is 8.29. The van der Waals surface area contributed by atoms with Crippen LogP contribution in [0.25, 0.3) is 46.4 Å². The lowest BCUT2D eigenvalue weighted by Crippen LogP contribution is -1.77. The van der Waals surface area contributed by atoms with Gasteiger partial charge < -0.3 is 15.1 Å². The molecule has 8 bridgehead atoms. The fourth-order valence-corrected chi connectivity index (χ4v) is 2.94. The van der Waals surface area contributed by atoms with Crippen LogP contribution >= 0.6 is 0 Å². The van der Waals surface area contributed by atoms with E-state index in [4.69, 9.17) is 5.11 Å². The predicted octanol–water partition coefficient (Wildman–Crippen LogP) is 4.26. The van der Waals surface area contributed by atoms with Crippen LogP contribution < -0.4 is 0 Å². The molecule has 0 spiro atoms. The van der Waals surface area contributed by atoms with Crippen LogP contribution in [0, 0.1) is 0 Å². The molecule has 3 aromatic rings. The fourth-order valence-electron chi connectivity index (χ4n) is 2.94. The Balaban J connectivity index is 0.000000814. The van der Waals surface area contributed by atoms with Crippen molar-refractivity contribution in [3.05, 3.63) is 71.3 Å². The van der Waals surface area contributed by atoms with Gasteiger partial charge in [0.05, 0.1) is 22.8 Å². The van der Waals surface area contributed by atoms with Gasteiger partial charge in [0.15, 0.2) is 0 Å². The third kappa shape index (κ3) is 3.34. The molecular weight excluding hydrogens is 324 g/mol. The molecule has 26 heavy (non-hydrogen) atoms. The monoisotopic (exact) mass is 342 g/mol. The first kappa shape index (κ1) is 16.1. The molecule has 0 fully saturated rings. The number of aromatic nitrogens is 4. The number of nitrogens with one attached hydrogen (secondary N) is 2. The number of aliphatic hydroxyl groups is 1. The van der Waals surface area contributed by atoms with Crippen molar-refractivity contribution in [3.8, 4) is 0 Å². The zero-order valence-electron chi connectivity index (χ0n) is 14.3. The lowest BCUT2D eigenvalue weighted by molar-refractivity contribution is 0.399. The molecule has 5 rings (SSSR count). The summed E-state index contributed by atoms with van der Waals surface area (Å²) in [6.07, 6.45) is 8.05. The van der Waals surface area contributed by atoms with Gasteiger partial charge in [-0.1, -0.05) is 0 Å². The molecule has 0 radical (unpaired) electrons. The van der Waals surface area contributed by atoms with Gasteiger partial charge in [-0.15, -0.1) is 0 Å². The minimum absolute atomic E-state index is 0.915. The average molecular weight is 342 g/mol. The van der Waals surface area contributed by atoms with E-state index in [2.05, 4.69) is 50.3 Å². The first-order chi connectivity index (χ1) is 12.8. The molecule has 0 atom stereocenters. The summed E-state index contributed by atoms with van der Waals surface area (Å²) >= 11 is 0. The zero-order chi connectivity index (χ0) is 17.9. The number of aliphatic hydroxyl groups excluding tert-OH is 1. The molecule has 3 aromatic heterocycles. The van der Waals surface area contributed by atoms with E-state index < -0.39 is 0 Å². The van der Waals surface area contributed by atoms with E-state index >= 15 is 0 Å². The molecule has 0 aromatic carbocycles. The van der Waals surface area contributed by atoms with Crippen molar-refractivity contribution in [1.82, 2.24) is 19.9 Å². The second-order valence-electron chi connectivity index (χ2n) is 5.91. The molecule has 2 aliphatic rings. The van der Waals surface area contributed by atoms with Crippen LogP contribution in [0.2, 0.25) is 0 Å². The molecule has 128 valence electrons. The second-order valence-corrected chi connectivity index (χ2v) is 5.91. The maximum atomic E-state index is 7.00. The lowest BCUT2D eigenvalue weighted by Gasteiger charge is -1.86. The molecule has 2 aliphatic heterocycles. The van der Waals surface area contributed by atoms with Gasteiger partial charge in [0.25, 0.3) is 0 Å². The third-order valence-corrected chi connectivity index (χ3v) is 4.04. The Bertz CT molecular complexity index is 1080. The summed E-state index contributed by atoms with van der Waals surface area (Å²) in [5.74, 6) is 0. The number of fused-ring (bicyclic) bond motifs is 8. The lowest BCUT2D eigenvalue weighted by atomic mass is 10.3. The van der Waals surface area contributed by atoms with Gasteiger partial charge in [0, 0.05) is 29.2 Å². The number of nitrogens with zero attached hydrogens (tertiary/aromatic N) is 2. The predicted molar refractivity (Wildman–Crippen MR) is 107 cm³/mol. The molecule has 5 heteroatoms. The van der Waals surface area contributed by atoms with Gasteiger partial charge in [-0.05, 0) is 72.8 Å². The van der Waals surface area contributed by atoms with E-state index in [1.54, 1.807) is 0 Å². The minimum atomic E-state index is 0.915. The van der Waals surface area contributed by atoms with Crippen LogP contribution in [0.3, 0.4) is 0 Å². The van der Waals surface area contributed by atoms with E-state index in [1.165, 1.54) is 0 Å². The van der Waals surface area contributed by atoms with Crippen molar-refractivity contribution in [2.24, 2.45) is 0 Å². The first-order valence-electron chi connectivity index (χ1n) is 8.29. The van der Waals surface area contributed by atoms with Gasteiger partial charge in [0.1, 0.15) is 0 Å². The van der Waals surface area contributed by atoms with Crippen molar-refractivity contribution in [2.75, 3.05) is 7.11 Å². The molecule has 5 heterocycles. The molecule has 0 amide bonds. The maximum Gasteiger partial charge on any atom is 0.0659 e. The van der Waals surface area contributed by atoms with E-state index in [9.17, 15) is 0 Å². The van der Waals surface area contributed by atoms with Crippen molar-refractivity contribution >= 4 is 46.4 Å². The van der Waals surface area contributed by atoms with Crippen LogP contribution in [-0.4, -0.2) is 32.2 Å². The summed E-state index contributed by atoms with van der Waals surface area (Å²) < 4.78 is 0. The van der Waals surface area contributed by atoms with Crippen LogP contribution in [0.15, 0.2) is 48.5 Å². The normalized spacial score (nSPS) is 11.9. The maximum absolute atomic E-state index is 7.00. The summed E-state index contributed by atoms with van der Waals surface area (Å²) in [6.45, 7) is 0. The van der Waals surface area contributed by atoms with Crippen molar-refractivity contribution in [2.45, 2.75) is 0 Å². The highest BCUT2D eigenvalue weighted by atomic mass is 16.2. The Morgan fingerprint density at radius 1 is 0.538 bits per heavy atom. The molecular formula is C21H18N4O. The summed E-state index contributed by atoms with van der Waals surface area (Å²) in [6, 6.07) is 16.4. The van der Waals surface area contributed by atoms with Crippen molar-refractivity contribution in [3.63, 3.8) is 0 Å². The Morgan fingerprint density at radius 3 is 1.31 bits per heavy atom. The highest BCUT2D eigenvalue weighted by molar-refractivity contribution is 5.77. The van der Waals surface area contributed by atoms with Gasteiger partial charge in [-0.2, -0.15) is 0 Å². The smallest absolute Gasteiger partial charge is 0.0659 e. The topological polar surface area (TPSA) is 77.6 Å². The van der Waals surface area contributed by atoms with Gasteiger partial charge in [-0.3, -0.25) is 0 Å². The van der Waals surface area contributed by atoms with E-state index in [1.807, 2.05) is 42.5 Å². The van der Waals surface area contributed by atoms with Gasteiger partial charge >= 0.3 is 0 Å². The van der Waals surface area contributed by atoms with Crippen LogP contribution in [0.5, 0.6) is 0 Å². The summed E-state index contributed by atoms with van der Waals surface area (Å²) in [4.78, 5) is 16.0. The molecule has 3 N–H and O–H groups in total. The third-order valence-electron chi connectivity index (χ3n) is 4.04. The number of hydrogen-bond donors (Lipinski definition) is 3. The summed E-state index contributed by atoms with van der Waals surface area (Å²) in [5.41, 5.74) is 7.86. The van der Waals surface area contributed by atoms with Gasteiger partial charge in [0.2, 0.25) is 0 Å². The average Bonchev–Trinajstić information content (AvgIpc) is 3.42. The zero-order valence-corrected chi connectivity index (χ0v) is 14.3. The molecule has 0 saturated heterocycles. The van der Waals surface area contributed by atoms with Crippen molar-refractivity contribution in [1.29, 1.82) is 0 Å². The van der Waals surface area contributed by atoms with E-state index in [0.29, 0.717) is 0 Å². The fraction of sp³-hybridized carbons (Fsp3) is 0.0476. The molecule has 0 saturated carbocycles. The Labute approximate surface area is 150 Å². The largest absolute Gasteiger partial charge is 0.400 e. The molecule has 0 unspecified atom stereocenters. The molecule has 5 nitrogen and oxygen atoms in total. The number of H-pyrrole nitrogens is 2. The van der Waals surface area contributed by atoms with E-state index in [0.717, 1.165) is 52.0 Å². The standard InChI is InChI=1S/C20H14N4.CH4O/c1-2-14-10-16-5-6-18(23-16)12-20-8-7-19(24-20)11-17-4-3-15(22-17)9-13(1)21-14;1-2/h1-12,21-22H;2H,1H3. The van der Waals surface area contributed by atoms with Crippen molar-refractivity contribution < 1.29 is 5.11 Å². The molecule has 0 aliphatic carbocycles. The van der Waals surface area contributed by atoms with Gasteiger partial charge in [-0.25, -0.2) is 9.97 Å². The SMILES string of the molecule is C1=Cc2cc3ccc(cc4ccc(cc5nc(cc1n2)C=C5)[nH]4)[nH]3.CO. The van der Waals surface area contributed by atoms with E-state index in [-0.39, 0.29) is 0 Å². The number of aromatic amines is 2. The van der Waals surface area contributed by atoms with Crippen LogP contribution in [-0.2, 0) is 0 Å². The quantitative estimate of drug-likeness (QED) is 0.393. The Hall–Kier alpha value is -3.44. The Morgan fingerprint density at radius 2 is 0.885 bits per heavy atom. The summed E-state index contributed by atoms with van der Waals surface area (Å²) in [5, 5.41) is 7.00. The van der Waals surface area contributed by atoms with Crippen LogP contribution in [0.4, 0.5) is 0 Å². The van der Waals surface area contributed by atoms with Crippen LogP contribution in [0.1, 0.15) is 22.8 Å². The summed E-state index contributed by atoms with van der Waals surface area (Å²) in [7, 11) is 1.00. The minimum Gasteiger partial charge on any atom is -0.400 e.